The Bertz CT molecular complexity index is 1390. The van der Waals surface area contributed by atoms with Crippen molar-refractivity contribution in [1.82, 2.24) is 15.0 Å². The average Bonchev–Trinajstić information content (AvgIpc) is 3.38. The highest BCUT2D eigenvalue weighted by Gasteiger charge is 2.24. The molecule has 3 heterocycles. The van der Waals surface area contributed by atoms with Gasteiger partial charge in [-0.3, -0.25) is 0 Å². The molecule has 0 fully saturated rings. The van der Waals surface area contributed by atoms with Crippen LogP contribution < -0.4 is 15.4 Å². The van der Waals surface area contributed by atoms with Crippen LogP contribution in [-0.4, -0.2) is 15.0 Å². The fourth-order valence-corrected chi connectivity index (χ4v) is 4.31. The number of nitrogens with two attached hydrogens (primary N) is 1. The minimum Gasteiger partial charge on any atom is -0.489 e. The van der Waals surface area contributed by atoms with Gasteiger partial charge in [0.15, 0.2) is 0 Å². The van der Waals surface area contributed by atoms with Gasteiger partial charge in [-0.05, 0) is 34.9 Å². The van der Waals surface area contributed by atoms with Gasteiger partial charge in [0, 0.05) is 24.0 Å². The first-order valence-corrected chi connectivity index (χ1v) is 10.3. The molecule has 0 unspecified atom stereocenters. The first-order chi connectivity index (χ1) is 15.2. The van der Waals surface area contributed by atoms with Crippen LogP contribution in [0.3, 0.4) is 0 Å². The second kappa shape index (κ2) is 7.02. The normalized spacial score (nSPS) is 13.1. The summed E-state index contributed by atoms with van der Waals surface area (Å²) in [5.41, 5.74) is 11.6. The van der Waals surface area contributed by atoms with E-state index in [9.17, 15) is 0 Å². The van der Waals surface area contributed by atoms with E-state index in [1.54, 1.807) is 0 Å². The fraction of sp³-hybridized carbons (Fsp3) is 0.120. The van der Waals surface area contributed by atoms with Gasteiger partial charge >= 0.3 is 0 Å². The minimum atomic E-state index is 0.269. The zero-order valence-corrected chi connectivity index (χ0v) is 16.9. The molecule has 6 heteroatoms. The molecular formula is C25H21N5O. The van der Waals surface area contributed by atoms with Gasteiger partial charge in [-0.15, -0.1) is 0 Å². The Kier molecular flexibility index (Phi) is 4.02. The monoisotopic (exact) mass is 407 g/mol. The van der Waals surface area contributed by atoms with Gasteiger partial charge in [0.25, 0.3) is 0 Å². The first kappa shape index (κ1) is 17.8. The summed E-state index contributed by atoms with van der Waals surface area (Å²) in [6, 6.07) is 24.7. The molecule has 31 heavy (non-hydrogen) atoms. The zero-order valence-electron chi connectivity index (χ0n) is 16.9. The summed E-state index contributed by atoms with van der Waals surface area (Å²) >= 11 is 0. The number of ether oxygens (including phenoxy) is 1. The molecule has 3 N–H and O–H groups in total. The first-order valence-electron chi connectivity index (χ1n) is 10.3. The molecule has 6 nitrogen and oxygen atoms in total. The predicted molar refractivity (Wildman–Crippen MR) is 123 cm³/mol. The summed E-state index contributed by atoms with van der Waals surface area (Å²) in [6.07, 6.45) is 0. The molecule has 0 aliphatic carbocycles. The predicted octanol–water partition coefficient (Wildman–Crippen LogP) is 4.79. The Morgan fingerprint density at radius 2 is 1.65 bits per heavy atom. The maximum absolute atomic E-state index is 6.07. The van der Waals surface area contributed by atoms with Crippen LogP contribution in [0.2, 0.25) is 0 Å². The van der Waals surface area contributed by atoms with Gasteiger partial charge in [0.1, 0.15) is 23.8 Å². The fourth-order valence-electron chi connectivity index (χ4n) is 4.31. The van der Waals surface area contributed by atoms with Crippen LogP contribution in [-0.2, 0) is 19.7 Å². The van der Waals surface area contributed by atoms with Crippen molar-refractivity contribution in [1.29, 1.82) is 0 Å². The smallest absolute Gasteiger partial charge is 0.223 e. The lowest BCUT2D eigenvalue weighted by atomic mass is 10.1. The van der Waals surface area contributed by atoms with E-state index in [1.165, 1.54) is 11.1 Å². The lowest BCUT2D eigenvalue weighted by molar-refractivity contribution is 0.306. The second-order valence-corrected chi connectivity index (χ2v) is 7.86. The summed E-state index contributed by atoms with van der Waals surface area (Å²) in [5.74, 6) is 1.93. The van der Waals surface area contributed by atoms with Crippen molar-refractivity contribution in [3.63, 3.8) is 0 Å². The Balaban J connectivity index is 1.42. The number of anilines is 2. The summed E-state index contributed by atoms with van der Waals surface area (Å²) in [6.45, 7) is 2.13. The van der Waals surface area contributed by atoms with Crippen molar-refractivity contribution < 1.29 is 4.74 Å². The molecule has 0 radical (unpaired) electrons. The number of aromatic nitrogens is 3. The van der Waals surface area contributed by atoms with Crippen LogP contribution in [0.5, 0.6) is 5.75 Å². The molecule has 5 aromatic rings. The molecule has 0 bridgehead atoms. The zero-order chi connectivity index (χ0) is 20.8. The van der Waals surface area contributed by atoms with Gasteiger partial charge < -0.3 is 20.4 Å². The standard InChI is InChI=1S/C25H21N5O/c26-25-28-23-22(24(29-25)30-13-17-8-4-5-9-18(17)14-30)20-12-19(10-11-21(20)27-23)31-15-16-6-2-1-3-7-16/h1-12H,13-15H2,(H3,26,27,28,29). The molecule has 0 spiro atoms. The van der Waals surface area contributed by atoms with Gasteiger partial charge in [0.2, 0.25) is 5.95 Å². The van der Waals surface area contributed by atoms with Crippen LogP contribution in [0.4, 0.5) is 11.8 Å². The van der Waals surface area contributed by atoms with Crippen molar-refractivity contribution in [2.75, 3.05) is 10.6 Å². The third-order valence-electron chi connectivity index (χ3n) is 5.81. The number of hydrogen-bond donors (Lipinski definition) is 2. The van der Waals surface area contributed by atoms with E-state index in [-0.39, 0.29) is 5.95 Å². The van der Waals surface area contributed by atoms with Gasteiger partial charge in [-0.25, -0.2) is 0 Å². The van der Waals surface area contributed by atoms with E-state index >= 15 is 0 Å². The lowest BCUT2D eigenvalue weighted by Gasteiger charge is -2.18. The number of benzene rings is 3. The molecule has 152 valence electrons. The highest BCUT2D eigenvalue weighted by molar-refractivity contribution is 6.12. The van der Waals surface area contributed by atoms with Crippen LogP contribution in [0, 0.1) is 0 Å². The van der Waals surface area contributed by atoms with Gasteiger partial charge in [-0.1, -0.05) is 54.6 Å². The molecular weight excluding hydrogens is 386 g/mol. The number of nitrogen functional groups attached to an aromatic ring is 1. The maximum Gasteiger partial charge on any atom is 0.223 e. The average molecular weight is 407 g/mol. The Morgan fingerprint density at radius 1 is 0.903 bits per heavy atom. The molecule has 6 rings (SSSR count). The Morgan fingerprint density at radius 3 is 2.42 bits per heavy atom. The Labute approximate surface area is 179 Å². The number of fused-ring (bicyclic) bond motifs is 4. The molecule has 3 aromatic carbocycles. The van der Waals surface area contributed by atoms with Gasteiger partial charge in [0.05, 0.1) is 5.39 Å². The molecule has 0 amide bonds. The van der Waals surface area contributed by atoms with Crippen molar-refractivity contribution in [2.45, 2.75) is 19.7 Å². The minimum absolute atomic E-state index is 0.269. The van der Waals surface area contributed by atoms with Crippen LogP contribution in [0.1, 0.15) is 16.7 Å². The third kappa shape index (κ3) is 3.13. The number of rotatable bonds is 4. The van der Waals surface area contributed by atoms with Gasteiger partial charge in [-0.2, -0.15) is 9.97 Å². The number of nitrogens with zero attached hydrogens (tertiary/aromatic N) is 3. The third-order valence-corrected chi connectivity index (χ3v) is 5.81. The van der Waals surface area contributed by atoms with E-state index in [4.69, 9.17) is 10.5 Å². The molecule has 0 saturated carbocycles. The highest BCUT2D eigenvalue weighted by atomic mass is 16.5. The van der Waals surface area contributed by atoms with Crippen LogP contribution in [0.15, 0.2) is 72.8 Å². The number of H-pyrrole nitrogens is 1. The quantitative estimate of drug-likeness (QED) is 0.448. The summed E-state index contributed by atoms with van der Waals surface area (Å²) in [4.78, 5) is 14.8. The SMILES string of the molecule is Nc1nc(N2Cc3ccccc3C2)c2c(n1)[nH]c1ccc(OCc3ccccc3)cc12. The topological polar surface area (TPSA) is 80.1 Å². The van der Waals surface area contributed by atoms with Crippen molar-refractivity contribution >= 4 is 33.7 Å². The largest absolute Gasteiger partial charge is 0.489 e. The van der Waals surface area contributed by atoms with E-state index in [1.807, 2.05) is 30.3 Å². The summed E-state index contributed by atoms with van der Waals surface area (Å²) < 4.78 is 6.07. The Hall–Kier alpha value is -4.06. The number of hydrogen-bond acceptors (Lipinski definition) is 5. The van der Waals surface area contributed by atoms with Crippen LogP contribution in [0.25, 0.3) is 21.9 Å². The van der Waals surface area contributed by atoms with Crippen molar-refractivity contribution in [3.05, 3.63) is 89.5 Å². The van der Waals surface area contributed by atoms with Crippen molar-refractivity contribution in [3.8, 4) is 5.75 Å². The van der Waals surface area contributed by atoms with Crippen LogP contribution >= 0.6 is 0 Å². The number of aromatic amines is 1. The van der Waals surface area contributed by atoms with E-state index < -0.39 is 0 Å². The highest BCUT2D eigenvalue weighted by Crippen LogP contribution is 2.37. The molecule has 0 saturated heterocycles. The van der Waals surface area contributed by atoms with E-state index in [2.05, 4.69) is 62.3 Å². The number of nitrogens with one attached hydrogen (secondary N) is 1. The second-order valence-electron chi connectivity index (χ2n) is 7.86. The lowest BCUT2D eigenvalue weighted by Crippen LogP contribution is -2.17. The summed E-state index contributed by atoms with van der Waals surface area (Å²) in [7, 11) is 0. The molecule has 2 aromatic heterocycles. The molecule has 0 atom stereocenters. The van der Waals surface area contributed by atoms with E-state index in [0.717, 1.165) is 52.2 Å². The molecule has 1 aliphatic rings. The van der Waals surface area contributed by atoms with E-state index in [0.29, 0.717) is 6.61 Å². The molecule has 1 aliphatic heterocycles. The summed E-state index contributed by atoms with van der Waals surface area (Å²) in [5, 5.41) is 2.01. The van der Waals surface area contributed by atoms with Crippen molar-refractivity contribution in [2.24, 2.45) is 0 Å². The maximum atomic E-state index is 6.07.